The van der Waals surface area contributed by atoms with Crippen LogP contribution in [0.4, 0.5) is 21.7 Å². The van der Waals surface area contributed by atoms with Crippen LogP contribution in [-0.2, 0) is 0 Å². The van der Waals surface area contributed by atoms with Gasteiger partial charge in [-0.25, -0.2) is 9.37 Å². The molecule has 2 N–H and O–H groups in total. The molecule has 0 bridgehead atoms. The Bertz CT molecular complexity index is 1200. The summed E-state index contributed by atoms with van der Waals surface area (Å²) in [7, 11) is 0. The molecule has 1 aliphatic rings. The molecule has 3 aromatic heterocycles. The number of halogens is 1. The molecular formula is C18H14FN9. The second-order valence-electron chi connectivity index (χ2n) is 6.51. The summed E-state index contributed by atoms with van der Waals surface area (Å²) in [6.45, 7) is 0. The van der Waals surface area contributed by atoms with Crippen LogP contribution in [0.3, 0.4) is 0 Å². The number of nitriles is 1. The number of nitrogens with zero attached hydrogens (tertiary/aromatic N) is 7. The second-order valence-corrected chi connectivity index (χ2v) is 6.51. The van der Waals surface area contributed by atoms with Crippen LogP contribution in [0.2, 0.25) is 0 Å². The molecular weight excluding hydrogens is 361 g/mol. The van der Waals surface area contributed by atoms with E-state index in [0.29, 0.717) is 34.6 Å². The third-order valence-electron chi connectivity index (χ3n) is 4.45. The molecule has 9 nitrogen and oxygen atoms in total. The Balaban J connectivity index is 1.56. The first-order valence-electron chi connectivity index (χ1n) is 8.68. The summed E-state index contributed by atoms with van der Waals surface area (Å²) in [5.41, 5.74) is 1.71. The van der Waals surface area contributed by atoms with Crippen molar-refractivity contribution in [1.82, 2.24) is 29.4 Å². The molecule has 3 heterocycles. The van der Waals surface area contributed by atoms with Gasteiger partial charge in [0, 0.05) is 12.1 Å². The Morgan fingerprint density at radius 3 is 2.75 bits per heavy atom. The second kappa shape index (κ2) is 6.31. The van der Waals surface area contributed by atoms with Crippen molar-refractivity contribution in [2.45, 2.75) is 18.9 Å². The zero-order valence-corrected chi connectivity index (χ0v) is 14.5. The van der Waals surface area contributed by atoms with E-state index in [1.54, 1.807) is 27.3 Å². The van der Waals surface area contributed by atoms with E-state index in [1.165, 1.54) is 24.9 Å². The van der Waals surface area contributed by atoms with Crippen LogP contribution >= 0.6 is 0 Å². The summed E-state index contributed by atoms with van der Waals surface area (Å²) in [5, 5.41) is 27.5. The Kier molecular flexibility index (Phi) is 3.65. The fourth-order valence-corrected chi connectivity index (χ4v) is 2.89. The quantitative estimate of drug-likeness (QED) is 0.552. The van der Waals surface area contributed by atoms with Gasteiger partial charge >= 0.3 is 0 Å². The minimum Gasteiger partial charge on any atom is -0.367 e. The monoisotopic (exact) mass is 375 g/mol. The molecule has 0 radical (unpaired) electrons. The largest absolute Gasteiger partial charge is 0.367 e. The summed E-state index contributed by atoms with van der Waals surface area (Å²) in [4.78, 5) is 4.45. The number of fused-ring (bicyclic) bond motifs is 1. The molecule has 5 rings (SSSR count). The summed E-state index contributed by atoms with van der Waals surface area (Å²) in [5.74, 6) is 0.684. The predicted octanol–water partition coefficient (Wildman–Crippen LogP) is 2.64. The highest BCUT2D eigenvalue weighted by Gasteiger charge is 2.23. The van der Waals surface area contributed by atoms with Crippen molar-refractivity contribution in [3.63, 3.8) is 0 Å². The highest BCUT2D eigenvalue weighted by atomic mass is 19.1. The van der Waals surface area contributed by atoms with Crippen molar-refractivity contribution in [3.05, 3.63) is 54.5 Å². The van der Waals surface area contributed by atoms with Gasteiger partial charge in [0.1, 0.15) is 41.7 Å². The maximum atomic E-state index is 14.4. The lowest BCUT2D eigenvalue weighted by Crippen LogP contribution is -2.09. The van der Waals surface area contributed by atoms with Crippen molar-refractivity contribution >= 4 is 23.0 Å². The van der Waals surface area contributed by atoms with Crippen molar-refractivity contribution in [2.75, 3.05) is 10.6 Å². The smallest absolute Gasteiger partial charge is 0.177 e. The van der Waals surface area contributed by atoms with Crippen LogP contribution in [0.1, 0.15) is 18.4 Å². The molecule has 4 aromatic rings. The highest BCUT2D eigenvalue weighted by molar-refractivity contribution is 5.68. The predicted molar refractivity (Wildman–Crippen MR) is 98.9 cm³/mol. The van der Waals surface area contributed by atoms with Gasteiger partial charge in [-0.1, -0.05) is 0 Å². The minimum absolute atomic E-state index is 0.249. The van der Waals surface area contributed by atoms with Gasteiger partial charge in [-0.3, -0.25) is 4.57 Å². The SMILES string of the molecule is N#Cc1cnn2c(NC3CC3)cc(Nc3cc(-n4cnnc4)ccc3F)nc12. The highest BCUT2D eigenvalue weighted by Crippen LogP contribution is 2.29. The lowest BCUT2D eigenvalue weighted by molar-refractivity contribution is 0.631. The number of anilines is 3. The zero-order valence-electron chi connectivity index (χ0n) is 14.5. The van der Waals surface area contributed by atoms with Gasteiger partial charge < -0.3 is 10.6 Å². The fraction of sp³-hybridized carbons (Fsp3) is 0.167. The Morgan fingerprint density at radius 1 is 1.18 bits per heavy atom. The van der Waals surface area contributed by atoms with Gasteiger partial charge in [0.2, 0.25) is 0 Å². The van der Waals surface area contributed by atoms with E-state index < -0.39 is 5.82 Å². The van der Waals surface area contributed by atoms with E-state index in [9.17, 15) is 9.65 Å². The number of aromatic nitrogens is 6. The molecule has 0 amide bonds. The zero-order chi connectivity index (χ0) is 19.1. The van der Waals surface area contributed by atoms with Crippen LogP contribution in [0, 0.1) is 17.1 Å². The maximum absolute atomic E-state index is 14.4. The topological polar surface area (TPSA) is 109 Å². The molecule has 0 unspecified atom stereocenters. The van der Waals surface area contributed by atoms with E-state index >= 15 is 0 Å². The van der Waals surface area contributed by atoms with E-state index in [2.05, 4.69) is 37.0 Å². The fourth-order valence-electron chi connectivity index (χ4n) is 2.89. The van der Waals surface area contributed by atoms with Gasteiger partial charge in [0.05, 0.1) is 17.6 Å². The minimum atomic E-state index is -0.427. The summed E-state index contributed by atoms with van der Waals surface area (Å²) in [6.07, 6.45) is 6.69. The van der Waals surface area contributed by atoms with Gasteiger partial charge in [0.25, 0.3) is 0 Å². The normalized spacial score (nSPS) is 13.4. The molecule has 1 saturated carbocycles. The van der Waals surface area contributed by atoms with Crippen molar-refractivity contribution in [2.24, 2.45) is 0 Å². The van der Waals surface area contributed by atoms with Crippen LogP contribution in [0.25, 0.3) is 11.3 Å². The van der Waals surface area contributed by atoms with Crippen molar-refractivity contribution < 1.29 is 4.39 Å². The summed E-state index contributed by atoms with van der Waals surface area (Å²) in [6, 6.07) is 8.84. The first-order chi connectivity index (χ1) is 13.7. The van der Waals surface area contributed by atoms with Gasteiger partial charge in [-0.05, 0) is 31.0 Å². The Morgan fingerprint density at radius 2 is 2.00 bits per heavy atom. The van der Waals surface area contributed by atoms with Crippen LogP contribution in [-0.4, -0.2) is 35.4 Å². The van der Waals surface area contributed by atoms with Crippen molar-refractivity contribution in [3.8, 4) is 11.8 Å². The Labute approximate surface area is 158 Å². The average Bonchev–Trinajstić information content (AvgIpc) is 3.19. The lowest BCUT2D eigenvalue weighted by atomic mass is 10.2. The number of nitrogens with one attached hydrogen (secondary N) is 2. The van der Waals surface area contributed by atoms with Gasteiger partial charge in [0.15, 0.2) is 5.65 Å². The van der Waals surface area contributed by atoms with Gasteiger partial charge in [-0.2, -0.15) is 14.9 Å². The summed E-state index contributed by atoms with van der Waals surface area (Å²) < 4.78 is 17.7. The van der Waals surface area contributed by atoms with Crippen LogP contribution in [0.5, 0.6) is 0 Å². The molecule has 10 heteroatoms. The molecule has 138 valence electrons. The molecule has 0 spiro atoms. The van der Waals surface area contributed by atoms with Crippen LogP contribution in [0.15, 0.2) is 43.1 Å². The lowest BCUT2D eigenvalue weighted by Gasteiger charge is -2.13. The third-order valence-corrected chi connectivity index (χ3v) is 4.45. The molecule has 0 aliphatic heterocycles. The van der Waals surface area contributed by atoms with E-state index in [1.807, 2.05) is 0 Å². The van der Waals surface area contributed by atoms with E-state index in [-0.39, 0.29) is 5.69 Å². The third kappa shape index (κ3) is 2.88. The number of benzene rings is 1. The summed E-state index contributed by atoms with van der Waals surface area (Å²) >= 11 is 0. The van der Waals surface area contributed by atoms with E-state index in [4.69, 9.17) is 0 Å². The van der Waals surface area contributed by atoms with E-state index in [0.717, 1.165) is 12.8 Å². The molecule has 1 aliphatic carbocycles. The van der Waals surface area contributed by atoms with Gasteiger partial charge in [-0.15, -0.1) is 10.2 Å². The molecule has 28 heavy (non-hydrogen) atoms. The molecule has 0 atom stereocenters. The maximum Gasteiger partial charge on any atom is 0.177 e. The molecule has 1 fully saturated rings. The standard InChI is InChI=1S/C18H14FN9/c19-14-4-3-13(27-9-21-22-10-27)5-15(14)25-16-6-17(24-12-1-2-12)28-18(26-16)11(7-20)8-23-28/h3-6,8-10,12,24H,1-2H2,(H,25,26). The Hall–Kier alpha value is -4.00. The molecule has 1 aromatic carbocycles. The first-order valence-corrected chi connectivity index (χ1v) is 8.68. The average molecular weight is 375 g/mol. The number of hydrogen-bond acceptors (Lipinski definition) is 7. The van der Waals surface area contributed by atoms with Crippen molar-refractivity contribution in [1.29, 1.82) is 5.26 Å². The molecule has 0 saturated heterocycles. The first kappa shape index (κ1) is 16.2. The number of hydrogen-bond donors (Lipinski definition) is 2. The van der Waals surface area contributed by atoms with Crippen LogP contribution < -0.4 is 10.6 Å². The number of rotatable bonds is 5.